The van der Waals surface area contributed by atoms with Gasteiger partial charge < -0.3 is 0 Å². The van der Waals surface area contributed by atoms with Crippen molar-refractivity contribution in [1.82, 2.24) is 0 Å². The van der Waals surface area contributed by atoms with Crippen molar-refractivity contribution in [2.24, 2.45) is 5.14 Å². The van der Waals surface area contributed by atoms with Crippen LogP contribution in [0.5, 0.6) is 0 Å². The van der Waals surface area contributed by atoms with Crippen molar-refractivity contribution >= 4 is 31.5 Å². The quantitative estimate of drug-likeness (QED) is 0.722. The molecule has 0 fully saturated rings. The predicted octanol–water partition coefficient (Wildman–Crippen LogP) is 1.08. The van der Waals surface area contributed by atoms with Gasteiger partial charge in [-0.25, -0.2) is 22.0 Å². The van der Waals surface area contributed by atoms with Crippen LogP contribution in [0.1, 0.15) is 37.0 Å². The number of nitrogens with two attached hydrogens (primary N) is 1. The summed E-state index contributed by atoms with van der Waals surface area (Å²) < 4.78 is 48.5. The molecule has 0 radical (unpaired) electrons. The highest BCUT2D eigenvalue weighted by Gasteiger charge is 2.17. The van der Waals surface area contributed by atoms with Crippen LogP contribution in [0.4, 0.5) is 5.69 Å². The van der Waals surface area contributed by atoms with Crippen LogP contribution in [0.25, 0.3) is 0 Å². The number of carbonyl (C=O) groups is 1. The molecule has 0 aliphatic heterocycles. The summed E-state index contributed by atoms with van der Waals surface area (Å²) in [6.07, 6.45) is 1.20. The molecule has 1 rings (SSSR count). The van der Waals surface area contributed by atoms with E-state index >= 15 is 0 Å². The van der Waals surface area contributed by atoms with Gasteiger partial charge in [-0.1, -0.05) is 13.3 Å². The molecular weight excluding hydrogens is 316 g/mol. The molecule has 0 saturated heterocycles. The molecule has 0 spiro atoms. The lowest BCUT2D eigenvalue weighted by Gasteiger charge is -2.12. The summed E-state index contributed by atoms with van der Waals surface area (Å²) in [4.78, 5) is 11.3. The Morgan fingerprint density at radius 3 is 2.33 bits per heavy atom. The van der Waals surface area contributed by atoms with Gasteiger partial charge in [0.25, 0.3) is 0 Å². The first-order chi connectivity index (χ1) is 9.57. The maximum Gasteiger partial charge on any atom is 0.238 e. The Morgan fingerprint density at radius 1 is 1.24 bits per heavy atom. The van der Waals surface area contributed by atoms with E-state index in [1.165, 1.54) is 13.0 Å². The molecule has 1 aromatic carbocycles. The van der Waals surface area contributed by atoms with E-state index in [-0.39, 0.29) is 21.9 Å². The van der Waals surface area contributed by atoms with Gasteiger partial charge in [-0.05, 0) is 31.5 Å². The minimum Gasteiger partial charge on any atom is -0.294 e. The van der Waals surface area contributed by atoms with E-state index < -0.39 is 25.8 Å². The number of unbranched alkanes of at least 4 members (excludes halogenated alkanes) is 1. The Kier molecular flexibility index (Phi) is 5.48. The highest BCUT2D eigenvalue weighted by Crippen LogP contribution is 2.22. The number of Topliss-reactive ketones (excluding diaryl/α,β-unsaturated/α-hetero) is 1. The monoisotopic (exact) mass is 334 g/mol. The van der Waals surface area contributed by atoms with Crippen LogP contribution in [-0.4, -0.2) is 28.4 Å². The Hall–Kier alpha value is -1.45. The third-order valence-electron chi connectivity index (χ3n) is 2.73. The molecule has 0 saturated carbocycles. The van der Waals surface area contributed by atoms with Gasteiger partial charge in [0.1, 0.15) is 0 Å². The first kappa shape index (κ1) is 17.6. The first-order valence-electron chi connectivity index (χ1n) is 6.25. The molecule has 9 heteroatoms. The highest BCUT2D eigenvalue weighted by atomic mass is 32.2. The number of anilines is 1. The van der Waals surface area contributed by atoms with Crippen molar-refractivity contribution in [2.45, 2.75) is 31.6 Å². The van der Waals surface area contributed by atoms with Gasteiger partial charge in [0.05, 0.1) is 16.3 Å². The van der Waals surface area contributed by atoms with E-state index in [9.17, 15) is 21.6 Å². The van der Waals surface area contributed by atoms with Crippen LogP contribution < -0.4 is 9.86 Å². The smallest absolute Gasteiger partial charge is 0.238 e. The van der Waals surface area contributed by atoms with E-state index in [0.717, 1.165) is 12.1 Å². The van der Waals surface area contributed by atoms with Crippen molar-refractivity contribution in [3.63, 3.8) is 0 Å². The Labute approximate surface area is 124 Å². The molecule has 0 atom stereocenters. The molecule has 7 nitrogen and oxygen atoms in total. The summed E-state index contributed by atoms with van der Waals surface area (Å²) in [6, 6.07) is 3.44. The molecule has 0 unspecified atom stereocenters. The van der Waals surface area contributed by atoms with Gasteiger partial charge in [-0.2, -0.15) is 0 Å². The number of hydrogen-bond donors (Lipinski definition) is 2. The normalized spacial score (nSPS) is 12.1. The van der Waals surface area contributed by atoms with Crippen molar-refractivity contribution in [1.29, 1.82) is 0 Å². The average Bonchev–Trinajstić information content (AvgIpc) is 2.34. The zero-order valence-electron chi connectivity index (χ0n) is 11.8. The molecule has 1 aromatic rings. The van der Waals surface area contributed by atoms with Crippen molar-refractivity contribution in [3.8, 4) is 0 Å². The summed E-state index contributed by atoms with van der Waals surface area (Å²) in [5, 5.41) is 4.99. The number of hydrogen-bond acceptors (Lipinski definition) is 5. The third kappa shape index (κ3) is 5.10. The van der Waals surface area contributed by atoms with Crippen molar-refractivity contribution < 1.29 is 21.6 Å². The van der Waals surface area contributed by atoms with Gasteiger partial charge in [-0.15, -0.1) is 0 Å². The second-order valence-corrected chi connectivity index (χ2v) is 7.99. The maximum atomic E-state index is 11.9. The fraction of sp³-hybridized carbons (Fsp3) is 0.417. The first-order valence-corrected chi connectivity index (χ1v) is 9.45. The average molecular weight is 334 g/mol. The lowest BCUT2D eigenvalue weighted by atomic mass is 10.1. The molecule has 0 aromatic heterocycles. The molecule has 21 heavy (non-hydrogen) atoms. The Balaban J connectivity index is 3.23. The van der Waals surface area contributed by atoms with Gasteiger partial charge in [0, 0.05) is 5.56 Å². The molecule has 0 amide bonds. The summed E-state index contributed by atoms with van der Waals surface area (Å²) in [6.45, 7) is 3.07. The highest BCUT2D eigenvalue weighted by molar-refractivity contribution is 7.92. The van der Waals surface area contributed by atoms with Crippen LogP contribution in [0.2, 0.25) is 0 Å². The van der Waals surface area contributed by atoms with E-state index in [4.69, 9.17) is 5.14 Å². The summed E-state index contributed by atoms with van der Waals surface area (Å²) in [5.41, 5.74) is 0.00704. The lowest BCUT2D eigenvalue weighted by Crippen LogP contribution is -2.19. The minimum atomic E-state index is -3.96. The van der Waals surface area contributed by atoms with E-state index in [1.807, 2.05) is 6.92 Å². The van der Waals surface area contributed by atoms with Crippen LogP contribution in [-0.2, 0) is 20.0 Å². The fourth-order valence-electron chi connectivity index (χ4n) is 1.63. The van der Waals surface area contributed by atoms with Crippen LogP contribution in [0.15, 0.2) is 23.1 Å². The van der Waals surface area contributed by atoms with Crippen molar-refractivity contribution in [2.75, 3.05) is 10.5 Å². The molecular formula is C12H18N2O5S2. The van der Waals surface area contributed by atoms with Gasteiger partial charge >= 0.3 is 0 Å². The fourth-order valence-corrected chi connectivity index (χ4v) is 3.46. The SMILES string of the molecule is CCCCS(=O)(=O)Nc1ccc(S(N)(=O)=O)cc1C(C)=O. The van der Waals surface area contributed by atoms with Gasteiger partial charge in [0.15, 0.2) is 5.78 Å². The number of ketones is 1. The molecule has 3 N–H and O–H groups in total. The van der Waals surface area contributed by atoms with Crippen LogP contribution in [0, 0.1) is 0 Å². The van der Waals surface area contributed by atoms with Crippen molar-refractivity contribution in [3.05, 3.63) is 23.8 Å². The molecule has 0 heterocycles. The third-order valence-corrected chi connectivity index (χ3v) is 5.00. The second-order valence-electron chi connectivity index (χ2n) is 4.58. The number of sulfonamides is 2. The van der Waals surface area contributed by atoms with E-state index in [0.29, 0.717) is 12.8 Å². The van der Waals surface area contributed by atoms with Crippen LogP contribution in [0.3, 0.4) is 0 Å². The molecule has 0 bridgehead atoms. The lowest BCUT2D eigenvalue weighted by molar-refractivity contribution is 0.101. The summed E-state index contributed by atoms with van der Waals surface area (Å²) in [7, 11) is -7.55. The zero-order valence-corrected chi connectivity index (χ0v) is 13.4. The van der Waals surface area contributed by atoms with E-state index in [1.54, 1.807) is 0 Å². The molecule has 118 valence electrons. The summed E-state index contributed by atoms with van der Waals surface area (Å²) in [5.74, 6) is -0.536. The van der Waals surface area contributed by atoms with Gasteiger partial charge in [0.2, 0.25) is 20.0 Å². The Bertz CT molecular complexity index is 739. The molecule has 0 aliphatic carbocycles. The largest absolute Gasteiger partial charge is 0.294 e. The topological polar surface area (TPSA) is 123 Å². The number of primary sulfonamides is 1. The minimum absolute atomic E-state index is 0.0402. The standard InChI is InChI=1S/C12H18N2O5S2/c1-3-4-7-20(16,17)14-12-6-5-10(21(13,18)19)8-11(12)9(2)15/h5-6,8,14H,3-4,7H2,1-2H3,(H2,13,18,19). The number of rotatable bonds is 7. The maximum absolute atomic E-state index is 11.9. The zero-order chi connectivity index (χ0) is 16.3. The van der Waals surface area contributed by atoms with Crippen LogP contribution >= 0.6 is 0 Å². The summed E-state index contributed by atoms with van der Waals surface area (Å²) >= 11 is 0. The number of benzene rings is 1. The molecule has 0 aliphatic rings. The number of nitrogens with one attached hydrogen (secondary N) is 1. The Morgan fingerprint density at radius 2 is 1.86 bits per heavy atom. The second kappa shape index (κ2) is 6.54. The number of carbonyl (C=O) groups excluding carboxylic acids is 1. The van der Waals surface area contributed by atoms with E-state index in [2.05, 4.69) is 4.72 Å². The predicted molar refractivity (Wildman–Crippen MR) is 80.1 cm³/mol. The van der Waals surface area contributed by atoms with Gasteiger partial charge in [-0.3, -0.25) is 9.52 Å².